The number of benzene rings is 2. The molecule has 0 aliphatic carbocycles. The minimum atomic E-state index is -4.31. The highest BCUT2D eigenvalue weighted by molar-refractivity contribution is 6.07. The van der Waals surface area contributed by atoms with E-state index in [1.54, 1.807) is 0 Å². The standard InChI is InChI=1S/C16H12F3N/c1-11-15(20-11,12-5-3-2-4-6-12)13-7-9-14(10-8-13)16(17,18)19/h2-10H,1H3. The van der Waals surface area contributed by atoms with Crippen LogP contribution in [0, 0.1) is 0 Å². The molecule has 0 N–H and O–H groups in total. The van der Waals surface area contributed by atoms with Crippen LogP contribution in [-0.4, -0.2) is 5.71 Å². The van der Waals surface area contributed by atoms with Crippen molar-refractivity contribution in [3.8, 4) is 0 Å². The summed E-state index contributed by atoms with van der Waals surface area (Å²) in [5.74, 6) is 0. The molecule has 0 fully saturated rings. The van der Waals surface area contributed by atoms with E-state index in [2.05, 4.69) is 4.99 Å². The Kier molecular flexibility index (Phi) is 2.71. The molecular formula is C16H12F3N. The maximum atomic E-state index is 12.6. The molecule has 0 bridgehead atoms. The van der Waals surface area contributed by atoms with Crippen molar-refractivity contribution in [3.05, 3.63) is 71.3 Å². The first-order valence-electron chi connectivity index (χ1n) is 6.25. The Morgan fingerprint density at radius 2 is 1.35 bits per heavy atom. The van der Waals surface area contributed by atoms with Gasteiger partial charge in [0.25, 0.3) is 0 Å². The first kappa shape index (κ1) is 12.9. The van der Waals surface area contributed by atoms with E-state index in [0.29, 0.717) is 0 Å². The molecule has 1 nitrogen and oxygen atoms in total. The minimum absolute atomic E-state index is 0.564. The summed E-state index contributed by atoms with van der Waals surface area (Å²) in [6.45, 7) is 1.89. The Labute approximate surface area is 114 Å². The van der Waals surface area contributed by atoms with Gasteiger partial charge in [-0.05, 0) is 30.2 Å². The van der Waals surface area contributed by atoms with Crippen LogP contribution in [0.1, 0.15) is 23.6 Å². The van der Waals surface area contributed by atoms with E-state index in [1.807, 2.05) is 37.3 Å². The molecule has 1 atom stereocenters. The molecule has 1 heterocycles. The van der Waals surface area contributed by atoms with Crippen LogP contribution in [-0.2, 0) is 11.7 Å². The number of rotatable bonds is 2. The van der Waals surface area contributed by atoms with Crippen molar-refractivity contribution < 1.29 is 13.2 Å². The summed E-state index contributed by atoms with van der Waals surface area (Å²) in [6.07, 6.45) is -4.31. The molecule has 3 rings (SSSR count). The number of aliphatic imine (C=N–C) groups is 1. The smallest absolute Gasteiger partial charge is 0.269 e. The summed E-state index contributed by atoms with van der Waals surface area (Å²) in [7, 11) is 0. The Balaban J connectivity index is 2.00. The number of hydrogen-bond acceptors (Lipinski definition) is 1. The molecule has 4 heteroatoms. The summed E-state index contributed by atoms with van der Waals surface area (Å²) < 4.78 is 37.8. The molecule has 0 spiro atoms. The van der Waals surface area contributed by atoms with Crippen molar-refractivity contribution in [3.63, 3.8) is 0 Å². The first-order valence-corrected chi connectivity index (χ1v) is 6.25. The van der Waals surface area contributed by atoms with Crippen LogP contribution in [0.4, 0.5) is 13.2 Å². The zero-order valence-corrected chi connectivity index (χ0v) is 10.8. The van der Waals surface area contributed by atoms with Crippen LogP contribution in [0.15, 0.2) is 59.6 Å². The van der Waals surface area contributed by atoms with Gasteiger partial charge in [0.1, 0.15) is 5.54 Å². The molecule has 1 unspecified atom stereocenters. The third kappa shape index (κ3) is 1.92. The highest BCUT2D eigenvalue weighted by Gasteiger charge is 2.47. The summed E-state index contributed by atoms with van der Waals surface area (Å²) in [4.78, 5) is 4.45. The monoisotopic (exact) mass is 275 g/mol. The minimum Gasteiger partial charge on any atom is -0.269 e. The summed E-state index contributed by atoms with van der Waals surface area (Å²) >= 11 is 0. The lowest BCUT2D eigenvalue weighted by atomic mass is 9.86. The Morgan fingerprint density at radius 3 is 1.80 bits per heavy atom. The van der Waals surface area contributed by atoms with Gasteiger partial charge in [-0.3, -0.25) is 4.99 Å². The fraction of sp³-hybridized carbons (Fsp3) is 0.188. The largest absolute Gasteiger partial charge is 0.416 e. The van der Waals surface area contributed by atoms with E-state index < -0.39 is 17.3 Å². The van der Waals surface area contributed by atoms with Crippen molar-refractivity contribution in [2.75, 3.05) is 0 Å². The van der Waals surface area contributed by atoms with Gasteiger partial charge in [0.15, 0.2) is 0 Å². The predicted molar refractivity (Wildman–Crippen MR) is 71.8 cm³/mol. The van der Waals surface area contributed by atoms with Gasteiger partial charge < -0.3 is 0 Å². The van der Waals surface area contributed by atoms with Gasteiger partial charge in [0.05, 0.1) is 5.56 Å². The average molecular weight is 275 g/mol. The van der Waals surface area contributed by atoms with Gasteiger partial charge in [-0.25, -0.2) is 0 Å². The topological polar surface area (TPSA) is 12.4 Å². The number of halogens is 3. The van der Waals surface area contributed by atoms with Crippen LogP contribution in [0.2, 0.25) is 0 Å². The van der Waals surface area contributed by atoms with E-state index >= 15 is 0 Å². The third-order valence-electron chi connectivity index (χ3n) is 3.63. The molecule has 2 aromatic carbocycles. The van der Waals surface area contributed by atoms with Gasteiger partial charge in [-0.15, -0.1) is 0 Å². The molecule has 1 aliphatic heterocycles. The second-order valence-electron chi connectivity index (χ2n) is 4.85. The van der Waals surface area contributed by atoms with E-state index in [-0.39, 0.29) is 0 Å². The second-order valence-corrected chi connectivity index (χ2v) is 4.85. The average Bonchev–Trinajstić information content (AvgIpc) is 3.12. The molecule has 0 saturated carbocycles. The maximum absolute atomic E-state index is 12.6. The van der Waals surface area contributed by atoms with E-state index in [1.165, 1.54) is 12.1 Å². The van der Waals surface area contributed by atoms with Gasteiger partial charge in [-0.1, -0.05) is 42.5 Å². The van der Waals surface area contributed by atoms with Crippen molar-refractivity contribution in [1.29, 1.82) is 0 Å². The van der Waals surface area contributed by atoms with Gasteiger partial charge >= 0.3 is 6.18 Å². The maximum Gasteiger partial charge on any atom is 0.416 e. The van der Waals surface area contributed by atoms with Crippen molar-refractivity contribution in [2.24, 2.45) is 4.99 Å². The Bertz CT molecular complexity index is 656. The molecule has 0 saturated heterocycles. The van der Waals surface area contributed by atoms with Crippen molar-refractivity contribution >= 4 is 5.71 Å². The van der Waals surface area contributed by atoms with Crippen LogP contribution in [0.3, 0.4) is 0 Å². The molecule has 1 aliphatic rings. The molecular weight excluding hydrogens is 263 g/mol. The number of alkyl halides is 3. The van der Waals surface area contributed by atoms with Crippen molar-refractivity contribution in [1.82, 2.24) is 0 Å². The Morgan fingerprint density at radius 1 is 0.850 bits per heavy atom. The van der Waals surface area contributed by atoms with E-state index in [0.717, 1.165) is 29.0 Å². The quantitative estimate of drug-likeness (QED) is 0.769. The lowest BCUT2D eigenvalue weighted by Crippen LogP contribution is -2.17. The highest BCUT2D eigenvalue weighted by Crippen LogP contribution is 2.45. The van der Waals surface area contributed by atoms with Crippen LogP contribution in [0.25, 0.3) is 0 Å². The van der Waals surface area contributed by atoms with Gasteiger partial charge in [0, 0.05) is 5.71 Å². The van der Waals surface area contributed by atoms with Gasteiger partial charge in [0.2, 0.25) is 0 Å². The summed E-state index contributed by atoms with van der Waals surface area (Å²) in [6, 6.07) is 14.8. The number of nitrogens with zero attached hydrogens (tertiary/aromatic N) is 1. The van der Waals surface area contributed by atoms with Crippen molar-refractivity contribution in [2.45, 2.75) is 18.6 Å². The van der Waals surface area contributed by atoms with Crippen LogP contribution in [0.5, 0.6) is 0 Å². The normalized spacial score (nSPS) is 21.5. The fourth-order valence-corrected chi connectivity index (χ4v) is 2.52. The predicted octanol–water partition coefficient (Wildman–Crippen LogP) is 4.42. The molecule has 102 valence electrons. The first-order chi connectivity index (χ1) is 9.44. The summed E-state index contributed by atoms with van der Waals surface area (Å²) in [5.41, 5.74) is 1.48. The van der Waals surface area contributed by atoms with E-state index in [4.69, 9.17) is 0 Å². The summed E-state index contributed by atoms with van der Waals surface area (Å²) in [5, 5.41) is 0. The lowest BCUT2D eigenvalue weighted by molar-refractivity contribution is -0.137. The molecule has 20 heavy (non-hydrogen) atoms. The molecule has 0 amide bonds. The van der Waals surface area contributed by atoms with Crippen LogP contribution >= 0.6 is 0 Å². The third-order valence-corrected chi connectivity index (χ3v) is 3.63. The van der Waals surface area contributed by atoms with E-state index in [9.17, 15) is 13.2 Å². The number of hydrogen-bond donors (Lipinski definition) is 0. The lowest BCUT2D eigenvalue weighted by Gasteiger charge is -2.17. The molecule has 0 aromatic heterocycles. The molecule has 0 radical (unpaired) electrons. The zero-order chi connectivity index (χ0) is 14.4. The molecule has 2 aromatic rings. The SMILES string of the molecule is CC1=NC1(c1ccccc1)c1ccc(C(F)(F)F)cc1. The Hall–Kier alpha value is -2.10. The fourth-order valence-electron chi connectivity index (χ4n) is 2.52. The van der Waals surface area contributed by atoms with Crippen LogP contribution < -0.4 is 0 Å². The van der Waals surface area contributed by atoms with Gasteiger partial charge in [-0.2, -0.15) is 13.2 Å². The second kappa shape index (κ2) is 4.20. The zero-order valence-electron chi connectivity index (χ0n) is 10.8. The highest BCUT2D eigenvalue weighted by atomic mass is 19.4.